The topological polar surface area (TPSA) is 94.2 Å². The Balaban J connectivity index is 1.67. The van der Waals surface area contributed by atoms with E-state index in [-0.39, 0.29) is 11.4 Å². The number of amides is 1. The van der Waals surface area contributed by atoms with Crippen LogP contribution < -0.4 is 23.8 Å². The van der Waals surface area contributed by atoms with E-state index in [0.717, 1.165) is 16.1 Å². The number of methoxy groups -OCH3 is 2. The van der Waals surface area contributed by atoms with E-state index in [4.69, 9.17) is 14.2 Å². The molecule has 1 N–H and O–H groups in total. The third kappa shape index (κ3) is 6.63. The van der Waals surface area contributed by atoms with Crippen molar-refractivity contribution in [3.63, 3.8) is 0 Å². The molecule has 0 unspecified atom stereocenters. The van der Waals surface area contributed by atoms with Crippen molar-refractivity contribution in [2.24, 2.45) is 0 Å². The molecule has 0 bridgehead atoms. The molecule has 9 heteroatoms. The van der Waals surface area contributed by atoms with Gasteiger partial charge in [-0.15, -0.1) is 0 Å². The van der Waals surface area contributed by atoms with E-state index in [1.165, 1.54) is 20.3 Å². The van der Waals surface area contributed by atoms with Gasteiger partial charge in [-0.05, 0) is 42.0 Å². The largest absolute Gasteiger partial charge is 0.497 e. The number of carbonyl (C=O) groups is 1. The van der Waals surface area contributed by atoms with E-state index in [2.05, 4.69) is 5.32 Å². The summed E-state index contributed by atoms with van der Waals surface area (Å²) in [6, 6.07) is 21.3. The van der Waals surface area contributed by atoms with Crippen LogP contribution in [-0.4, -0.2) is 41.3 Å². The van der Waals surface area contributed by atoms with Gasteiger partial charge in [-0.2, -0.15) is 0 Å². The van der Waals surface area contributed by atoms with Crippen molar-refractivity contribution in [1.82, 2.24) is 0 Å². The minimum atomic E-state index is -3.77. The van der Waals surface area contributed by atoms with Gasteiger partial charge >= 0.3 is 0 Å². The molecule has 0 spiro atoms. The lowest BCUT2D eigenvalue weighted by Crippen LogP contribution is -2.37. The molecule has 0 fully saturated rings. The van der Waals surface area contributed by atoms with Crippen molar-refractivity contribution < 1.29 is 27.4 Å². The van der Waals surface area contributed by atoms with Gasteiger partial charge in [0.25, 0.3) is 0 Å². The molecule has 3 aromatic carbocycles. The minimum absolute atomic E-state index is 0.237. The van der Waals surface area contributed by atoms with E-state index in [1.54, 1.807) is 36.4 Å². The van der Waals surface area contributed by atoms with Crippen LogP contribution in [-0.2, 0) is 21.4 Å². The van der Waals surface area contributed by atoms with Gasteiger partial charge in [-0.1, -0.05) is 30.3 Å². The number of anilines is 2. The number of hydrogen-bond acceptors (Lipinski definition) is 6. The third-order valence-corrected chi connectivity index (χ3v) is 5.86. The molecular formula is C24H26N2O6S. The summed E-state index contributed by atoms with van der Waals surface area (Å²) in [5.41, 5.74) is 1.80. The maximum Gasteiger partial charge on any atom is 0.245 e. The van der Waals surface area contributed by atoms with Crippen molar-refractivity contribution in [2.45, 2.75) is 6.61 Å². The number of nitrogens with zero attached hydrogens (tertiary/aromatic N) is 1. The maximum absolute atomic E-state index is 12.6. The Bertz CT molecular complexity index is 1180. The van der Waals surface area contributed by atoms with Gasteiger partial charge in [0.1, 0.15) is 30.4 Å². The first-order valence-corrected chi connectivity index (χ1v) is 11.9. The Morgan fingerprint density at radius 2 is 1.58 bits per heavy atom. The molecule has 0 aliphatic carbocycles. The Kier molecular flexibility index (Phi) is 7.78. The summed E-state index contributed by atoms with van der Waals surface area (Å²) in [5, 5.41) is 2.71. The van der Waals surface area contributed by atoms with Gasteiger partial charge < -0.3 is 19.5 Å². The fraction of sp³-hybridized carbons (Fsp3) is 0.208. The third-order valence-electron chi connectivity index (χ3n) is 4.73. The molecule has 1 amide bonds. The highest BCUT2D eigenvalue weighted by molar-refractivity contribution is 7.92. The summed E-state index contributed by atoms with van der Waals surface area (Å²) in [6.45, 7) is 0.00728. The first-order chi connectivity index (χ1) is 15.8. The zero-order chi connectivity index (χ0) is 23.8. The monoisotopic (exact) mass is 470 g/mol. The van der Waals surface area contributed by atoms with Crippen molar-refractivity contribution in [3.05, 3.63) is 78.4 Å². The second-order valence-corrected chi connectivity index (χ2v) is 9.06. The molecule has 0 heterocycles. The molecule has 3 aromatic rings. The average molecular weight is 471 g/mol. The number of nitrogens with one attached hydrogen (secondary N) is 1. The zero-order valence-corrected chi connectivity index (χ0v) is 19.5. The van der Waals surface area contributed by atoms with Crippen LogP contribution >= 0.6 is 0 Å². The fourth-order valence-electron chi connectivity index (χ4n) is 3.08. The standard InChI is InChI=1S/C24H26N2O6S/c1-30-21-13-14-22(23(15-21)31-2)26(33(3,28)29)16-24(27)25-19-9-11-20(12-10-19)32-17-18-7-5-4-6-8-18/h4-15H,16-17H2,1-3H3,(H,25,27). The van der Waals surface area contributed by atoms with Gasteiger partial charge in [0, 0.05) is 11.8 Å². The van der Waals surface area contributed by atoms with Crippen LogP contribution in [0.2, 0.25) is 0 Å². The summed E-state index contributed by atoms with van der Waals surface area (Å²) >= 11 is 0. The first kappa shape index (κ1) is 23.9. The molecule has 0 saturated carbocycles. The Hall–Kier alpha value is -3.72. The van der Waals surface area contributed by atoms with E-state index in [1.807, 2.05) is 30.3 Å². The number of ether oxygens (including phenoxy) is 3. The summed E-state index contributed by atoms with van der Waals surface area (Å²) in [7, 11) is -0.855. The summed E-state index contributed by atoms with van der Waals surface area (Å²) in [4.78, 5) is 12.6. The number of benzene rings is 3. The van der Waals surface area contributed by atoms with Crippen LogP contribution in [0.1, 0.15) is 5.56 Å². The normalized spacial score (nSPS) is 10.9. The molecule has 0 aliphatic rings. The highest BCUT2D eigenvalue weighted by Crippen LogP contribution is 2.33. The highest BCUT2D eigenvalue weighted by Gasteiger charge is 2.24. The molecule has 0 radical (unpaired) electrons. The molecule has 0 aromatic heterocycles. The smallest absolute Gasteiger partial charge is 0.245 e. The van der Waals surface area contributed by atoms with Crippen LogP contribution in [0.25, 0.3) is 0 Å². The van der Waals surface area contributed by atoms with Gasteiger partial charge in [-0.3, -0.25) is 9.10 Å². The number of hydrogen-bond donors (Lipinski definition) is 1. The lowest BCUT2D eigenvalue weighted by Gasteiger charge is -2.24. The van der Waals surface area contributed by atoms with Gasteiger partial charge in [-0.25, -0.2) is 8.42 Å². The number of carbonyl (C=O) groups excluding carboxylic acids is 1. The van der Waals surface area contributed by atoms with Crippen molar-refractivity contribution in [2.75, 3.05) is 36.6 Å². The zero-order valence-electron chi connectivity index (χ0n) is 18.6. The molecule has 8 nitrogen and oxygen atoms in total. The predicted octanol–water partition coefficient (Wildman–Crippen LogP) is 3.69. The average Bonchev–Trinajstić information content (AvgIpc) is 2.81. The lowest BCUT2D eigenvalue weighted by molar-refractivity contribution is -0.114. The second-order valence-electron chi connectivity index (χ2n) is 7.15. The second kappa shape index (κ2) is 10.7. The van der Waals surface area contributed by atoms with Gasteiger partial charge in [0.15, 0.2) is 0 Å². The van der Waals surface area contributed by atoms with E-state index < -0.39 is 22.5 Å². The van der Waals surface area contributed by atoms with Crippen molar-refractivity contribution >= 4 is 27.3 Å². The van der Waals surface area contributed by atoms with Crippen LogP contribution in [0, 0.1) is 0 Å². The van der Waals surface area contributed by atoms with Crippen LogP contribution in [0.15, 0.2) is 72.8 Å². The van der Waals surface area contributed by atoms with Crippen LogP contribution in [0.4, 0.5) is 11.4 Å². The fourth-order valence-corrected chi connectivity index (χ4v) is 3.94. The van der Waals surface area contributed by atoms with Crippen molar-refractivity contribution in [1.29, 1.82) is 0 Å². The molecule has 33 heavy (non-hydrogen) atoms. The van der Waals surface area contributed by atoms with Crippen LogP contribution in [0.5, 0.6) is 17.2 Å². The maximum atomic E-state index is 12.6. The van der Waals surface area contributed by atoms with Gasteiger partial charge in [0.05, 0.1) is 26.2 Å². The predicted molar refractivity (Wildman–Crippen MR) is 128 cm³/mol. The number of rotatable bonds is 10. The SMILES string of the molecule is COc1ccc(N(CC(=O)Nc2ccc(OCc3ccccc3)cc2)S(C)(=O)=O)c(OC)c1. The minimum Gasteiger partial charge on any atom is -0.497 e. The molecule has 0 atom stereocenters. The Morgan fingerprint density at radius 3 is 2.18 bits per heavy atom. The lowest BCUT2D eigenvalue weighted by atomic mass is 10.2. The molecule has 0 saturated heterocycles. The number of sulfonamides is 1. The Labute approximate surface area is 193 Å². The molecule has 0 aliphatic heterocycles. The highest BCUT2D eigenvalue weighted by atomic mass is 32.2. The molecule has 3 rings (SSSR count). The summed E-state index contributed by atoms with van der Waals surface area (Å²) in [6.07, 6.45) is 1.03. The van der Waals surface area contributed by atoms with Crippen molar-refractivity contribution in [3.8, 4) is 17.2 Å². The van der Waals surface area contributed by atoms with Crippen LogP contribution in [0.3, 0.4) is 0 Å². The van der Waals surface area contributed by atoms with Gasteiger partial charge in [0.2, 0.25) is 15.9 Å². The van der Waals surface area contributed by atoms with E-state index in [9.17, 15) is 13.2 Å². The van der Waals surface area contributed by atoms with E-state index >= 15 is 0 Å². The molecular weight excluding hydrogens is 444 g/mol. The summed E-state index contributed by atoms with van der Waals surface area (Å²) < 4.78 is 42.0. The first-order valence-electron chi connectivity index (χ1n) is 10.1. The molecule has 174 valence electrons. The Morgan fingerprint density at radius 1 is 0.909 bits per heavy atom. The van der Waals surface area contributed by atoms with E-state index in [0.29, 0.717) is 23.8 Å². The quantitative estimate of drug-likeness (QED) is 0.486. The summed E-state index contributed by atoms with van der Waals surface area (Å²) in [5.74, 6) is 0.921.